The van der Waals surface area contributed by atoms with E-state index in [-0.39, 0.29) is 5.82 Å². The Balaban J connectivity index is 2.07. The fraction of sp³-hybridized carbons (Fsp3) is 0.250. The van der Waals surface area contributed by atoms with Crippen molar-refractivity contribution >= 4 is 11.8 Å². The van der Waals surface area contributed by atoms with E-state index in [4.69, 9.17) is 0 Å². The first-order valence-corrected chi connectivity index (χ1v) is 7.23. The molecule has 0 bridgehead atoms. The van der Waals surface area contributed by atoms with Crippen LogP contribution in [0.5, 0.6) is 0 Å². The second-order valence-electron chi connectivity index (χ2n) is 4.75. The Morgan fingerprint density at radius 2 is 1.74 bits per heavy atom. The summed E-state index contributed by atoms with van der Waals surface area (Å²) in [5.74, 6) is 0.694. The van der Waals surface area contributed by atoms with Gasteiger partial charge in [-0.05, 0) is 43.4 Å². The van der Waals surface area contributed by atoms with Crippen LogP contribution in [-0.4, -0.2) is 19.0 Å². The van der Waals surface area contributed by atoms with Gasteiger partial charge in [-0.1, -0.05) is 30.3 Å². The van der Waals surface area contributed by atoms with Gasteiger partial charge in [0.1, 0.15) is 5.82 Å². The van der Waals surface area contributed by atoms with Crippen molar-refractivity contribution in [3.05, 3.63) is 65.5 Å². The molecule has 0 amide bonds. The molecule has 0 saturated heterocycles. The Labute approximate surface area is 118 Å². The molecule has 2 rings (SSSR count). The molecule has 0 aromatic heterocycles. The van der Waals surface area contributed by atoms with Gasteiger partial charge in [-0.15, -0.1) is 11.8 Å². The molecule has 100 valence electrons. The first-order chi connectivity index (χ1) is 9.15. The third kappa shape index (κ3) is 4.37. The van der Waals surface area contributed by atoms with Gasteiger partial charge in [-0.2, -0.15) is 0 Å². The number of hydrogen-bond donors (Lipinski definition) is 0. The van der Waals surface area contributed by atoms with E-state index in [0.717, 1.165) is 17.2 Å². The number of nitrogens with zero attached hydrogens (tertiary/aromatic N) is 1. The van der Waals surface area contributed by atoms with Crippen molar-refractivity contribution in [3.8, 4) is 0 Å². The molecule has 0 unspecified atom stereocenters. The highest BCUT2D eigenvalue weighted by atomic mass is 32.2. The first kappa shape index (κ1) is 14.1. The molecule has 0 N–H and O–H groups in total. The van der Waals surface area contributed by atoms with Crippen LogP contribution in [-0.2, 0) is 12.3 Å². The Bertz CT molecular complexity index is 540. The summed E-state index contributed by atoms with van der Waals surface area (Å²) in [6, 6.07) is 15.2. The number of rotatable bonds is 5. The molecule has 0 aliphatic rings. The van der Waals surface area contributed by atoms with Gasteiger partial charge in [0.05, 0.1) is 0 Å². The lowest BCUT2D eigenvalue weighted by molar-refractivity contribution is 0.401. The molecule has 2 aromatic carbocycles. The van der Waals surface area contributed by atoms with Crippen LogP contribution in [0.3, 0.4) is 0 Å². The molecule has 0 aliphatic carbocycles. The summed E-state index contributed by atoms with van der Waals surface area (Å²) in [7, 11) is 4.13. The second-order valence-corrected chi connectivity index (χ2v) is 5.80. The average molecular weight is 275 g/mol. The topological polar surface area (TPSA) is 3.24 Å². The number of halogens is 1. The molecule has 2 aromatic rings. The van der Waals surface area contributed by atoms with Gasteiger partial charge in [0, 0.05) is 17.2 Å². The van der Waals surface area contributed by atoms with Gasteiger partial charge in [0.15, 0.2) is 0 Å². The van der Waals surface area contributed by atoms with Crippen LogP contribution in [0.4, 0.5) is 4.39 Å². The van der Waals surface area contributed by atoms with Crippen LogP contribution in [0.1, 0.15) is 11.1 Å². The van der Waals surface area contributed by atoms with Gasteiger partial charge in [-0.3, -0.25) is 0 Å². The molecule has 0 heterocycles. The molecule has 0 aliphatic heterocycles. The molecule has 0 radical (unpaired) electrons. The van der Waals surface area contributed by atoms with E-state index in [1.165, 1.54) is 17.2 Å². The maximum Gasteiger partial charge on any atom is 0.124 e. The van der Waals surface area contributed by atoms with E-state index in [2.05, 4.69) is 43.3 Å². The van der Waals surface area contributed by atoms with Gasteiger partial charge in [-0.25, -0.2) is 4.39 Å². The molecule has 0 saturated carbocycles. The molecule has 1 nitrogen and oxygen atoms in total. The second kappa shape index (κ2) is 6.73. The van der Waals surface area contributed by atoms with E-state index in [0.29, 0.717) is 0 Å². The zero-order valence-corrected chi connectivity index (χ0v) is 12.1. The highest BCUT2D eigenvalue weighted by Gasteiger charge is 2.04. The lowest BCUT2D eigenvalue weighted by atomic mass is 10.1. The quantitative estimate of drug-likeness (QED) is 0.753. The molecule has 3 heteroatoms. The van der Waals surface area contributed by atoms with Crippen LogP contribution >= 0.6 is 11.8 Å². The summed E-state index contributed by atoms with van der Waals surface area (Å²) in [6.45, 7) is 0.930. The average Bonchev–Trinajstić information content (AvgIpc) is 2.37. The minimum atomic E-state index is -0.174. The van der Waals surface area contributed by atoms with E-state index < -0.39 is 0 Å². The summed E-state index contributed by atoms with van der Waals surface area (Å²) < 4.78 is 13.1. The van der Waals surface area contributed by atoms with Crippen LogP contribution in [0.15, 0.2) is 53.4 Å². The molecular weight excluding hydrogens is 257 g/mol. The monoisotopic (exact) mass is 275 g/mol. The predicted octanol–water partition coefficient (Wildman–Crippen LogP) is 4.18. The van der Waals surface area contributed by atoms with Crippen molar-refractivity contribution in [1.29, 1.82) is 0 Å². The van der Waals surface area contributed by atoms with Gasteiger partial charge in [0.25, 0.3) is 0 Å². The lowest BCUT2D eigenvalue weighted by Crippen LogP contribution is -2.12. The van der Waals surface area contributed by atoms with Gasteiger partial charge < -0.3 is 4.90 Å². The Kier molecular flexibility index (Phi) is 5.00. The summed E-state index contributed by atoms with van der Waals surface area (Å²) in [5.41, 5.74) is 2.64. The van der Waals surface area contributed by atoms with Crippen LogP contribution in [0.25, 0.3) is 0 Å². The molecule has 19 heavy (non-hydrogen) atoms. The van der Waals surface area contributed by atoms with Crippen molar-refractivity contribution in [2.24, 2.45) is 0 Å². The van der Waals surface area contributed by atoms with E-state index in [9.17, 15) is 4.39 Å². The summed E-state index contributed by atoms with van der Waals surface area (Å²) in [5, 5.41) is 0. The number of hydrogen-bond acceptors (Lipinski definition) is 2. The summed E-state index contributed by atoms with van der Waals surface area (Å²) in [6.07, 6.45) is 0. The highest BCUT2D eigenvalue weighted by molar-refractivity contribution is 7.98. The zero-order valence-electron chi connectivity index (χ0n) is 11.3. The van der Waals surface area contributed by atoms with Crippen molar-refractivity contribution < 1.29 is 4.39 Å². The van der Waals surface area contributed by atoms with E-state index in [1.807, 2.05) is 6.07 Å². The standard InChI is InChI=1S/C16H18FNS/c1-18(2)11-13-6-3-4-7-14(13)12-19-16-9-5-8-15(17)10-16/h3-10H,11-12H2,1-2H3. The van der Waals surface area contributed by atoms with Crippen LogP contribution in [0.2, 0.25) is 0 Å². The van der Waals surface area contributed by atoms with Crippen molar-refractivity contribution in [1.82, 2.24) is 4.90 Å². The fourth-order valence-electron chi connectivity index (χ4n) is 1.91. The maximum atomic E-state index is 13.1. The minimum Gasteiger partial charge on any atom is -0.305 e. The first-order valence-electron chi connectivity index (χ1n) is 6.25. The van der Waals surface area contributed by atoms with Gasteiger partial charge >= 0.3 is 0 Å². The minimum absolute atomic E-state index is 0.174. The molecule has 0 atom stereocenters. The Morgan fingerprint density at radius 1 is 1.00 bits per heavy atom. The van der Waals surface area contributed by atoms with Crippen molar-refractivity contribution in [2.45, 2.75) is 17.2 Å². The smallest absolute Gasteiger partial charge is 0.124 e. The normalized spacial score (nSPS) is 10.9. The third-order valence-electron chi connectivity index (χ3n) is 2.80. The maximum absolute atomic E-state index is 13.1. The fourth-order valence-corrected chi connectivity index (χ4v) is 2.89. The summed E-state index contributed by atoms with van der Waals surface area (Å²) >= 11 is 1.67. The van der Waals surface area contributed by atoms with E-state index >= 15 is 0 Å². The Hall–Kier alpha value is -1.32. The van der Waals surface area contributed by atoms with Crippen LogP contribution in [0, 0.1) is 5.82 Å². The van der Waals surface area contributed by atoms with Crippen molar-refractivity contribution in [3.63, 3.8) is 0 Å². The Morgan fingerprint density at radius 3 is 2.42 bits per heavy atom. The van der Waals surface area contributed by atoms with E-state index in [1.54, 1.807) is 23.9 Å². The van der Waals surface area contributed by atoms with Crippen LogP contribution < -0.4 is 0 Å². The van der Waals surface area contributed by atoms with Gasteiger partial charge in [0.2, 0.25) is 0 Å². The number of benzene rings is 2. The third-order valence-corrected chi connectivity index (χ3v) is 3.84. The summed E-state index contributed by atoms with van der Waals surface area (Å²) in [4.78, 5) is 3.13. The molecule has 0 fully saturated rings. The largest absolute Gasteiger partial charge is 0.305 e. The SMILES string of the molecule is CN(C)Cc1ccccc1CSc1cccc(F)c1. The number of thioether (sulfide) groups is 1. The van der Waals surface area contributed by atoms with Crippen molar-refractivity contribution in [2.75, 3.05) is 14.1 Å². The lowest BCUT2D eigenvalue weighted by Gasteiger charge is -2.14. The molecule has 0 spiro atoms. The highest BCUT2D eigenvalue weighted by Crippen LogP contribution is 2.25. The molecular formula is C16H18FNS. The zero-order chi connectivity index (χ0) is 13.7. The predicted molar refractivity (Wildman–Crippen MR) is 79.8 cm³/mol.